The number of para-hydroxylation sites is 1. The molecule has 168 valence electrons. The molecule has 0 saturated carbocycles. The van der Waals surface area contributed by atoms with Gasteiger partial charge >= 0.3 is 0 Å². The number of hydrazone groups is 1. The maximum atomic E-state index is 13.1. The molecule has 4 aromatic rings. The minimum Gasteiger partial charge on any atom is -0.493 e. The van der Waals surface area contributed by atoms with Gasteiger partial charge in [0, 0.05) is 24.2 Å². The number of carbonyl (C=O) groups is 1. The number of pyridine rings is 1. The SMILES string of the molecule is COc1cc(-c2cc(C(=O)N/N=C/c3cccn3C)c3ccccc3n2)cc(OC)c1OC. The van der Waals surface area contributed by atoms with Gasteiger partial charge in [0.25, 0.3) is 5.91 Å². The number of amides is 1. The Balaban J connectivity index is 1.77. The molecule has 33 heavy (non-hydrogen) atoms. The molecule has 0 aliphatic carbocycles. The fraction of sp³-hybridized carbons (Fsp3) is 0.160. The summed E-state index contributed by atoms with van der Waals surface area (Å²) in [5, 5.41) is 4.84. The number of ether oxygens (including phenoxy) is 3. The summed E-state index contributed by atoms with van der Waals surface area (Å²) in [6.45, 7) is 0. The van der Waals surface area contributed by atoms with Crippen molar-refractivity contribution in [3.63, 3.8) is 0 Å². The van der Waals surface area contributed by atoms with E-state index in [2.05, 4.69) is 10.5 Å². The van der Waals surface area contributed by atoms with Crippen LogP contribution in [0, 0.1) is 0 Å². The van der Waals surface area contributed by atoms with Crippen LogP contribution in [0.5, 0.6) is 17.2 Å². The first kappa shape index (κ1) is 21.9. The number of nitrogens with zero attached hydrogens (tertiary/aromatic N) is 3. The van der Waals surface area contributed by atoms with Crippen LogP contribution < -0.4 is 19.6 Å². The van der Waals surface area contributed by atoms with Crippen molar-refractivity contribution in [3.05, 3.63) is 72.1 Å². The van der Waals surface area contributed by atoms with E-state index in [1.807, 2.05) is 54.2 Å². The van der Waals surface area contributed by atoms with Gasteiger partial charge < -0.3 is 18.8 Å². The second-order valence-electron chi connectivity index (χ2n) is 7.23. The zero-order valence-corrected chi connectivity index (χ0v) is 18.8. The van der Waals surface area contributed by atoms with E-state index in [0.717, 1.165) is 16.6 Å². The third-order valence-corrected chi connectivity index (χ3v) is 5.27. The van der Waals surface area contributed by atoms with E-state index < -0.39 is 0 Å². The Morgan fingerprint density at radius 2 is 1.73 bits per heavy atom. The van der Waals surface area contributed by atoms with Crippen LogP contribution in [0.3, 0.4) is 0 Å². The van der Waals surface area contributed by atoms with E-state index in [0.29, 0.717) is 34.0 Å². The first-order valence-corrected chi connectivity index (χ1v) is 10.2. The highest BCUT2D eigenvalue weighted by Gasteiger charge is 2.18. The molecule has 4 rings (SSSR count). The summed E-state index contributed by atoms with van der Waals surface area (Å²) in [4.78, 5) is 17.8. The Labute approximate surface area is 191 Å². The molecule has 8 heteroatoms. The molecule has 0 bridgehead atoms. The summed E-state index contributed by atoms with van der Waals surface area (Å²) in [7, 11) is 6.56. The van der Waals surface area contributed by atoms with Gasteiger partial charge in [0.1, 0.15) is 0 Å². The second-order valence-corrected chi connectivity index (χ2v) is 7.23. The van der Waals surface area contributed by atoms with Gasteiger partial charge in [0.15, 0.2) is 11.5 Å². The molecule has 1 N–H and O–H groups in total. The number of hydrogen-bond acceptors (Lipinski definition) is 6. The van der Waals surface area contributed by atoms with Gasteiger partial charge in [-0.3, -0.25) is 4.79 Å². The van der Waals surface area contributed by atoms with Crippen molar-refractivity contribution in [2.24, 2.45) is 12.1 Å². The Bertz CT molecular complexity index is 1320. The van der Waals surface area contributed by atoms with E-state index in [4.69, 9.17) is 19.2 Å². The Kier molecular flexibility index (Phi) is 6.26. The average Bonchev–Trinajstić information content (AvgIpc) is 3.26. The monoisotopic (exact) mass is 444 g/mol. The molecule has 0 radical (unpaired) electrons. The zero-order chi connectivity index (χ0) is 23.4. The van der Waals surface area contributed by atoms with Crippen LogP contribution >= 0.6 is 0 Å². The molecule has 0 aliphatic heterocycles. The molecular formula is C25H24N4O4. The fourth-order valence-electron chi connectivity index (χ4n) is 3.57. The van der Waals surface area contributed by atoms with Crippen molar-refractivity contribution < 1.29 is 19.0 Å². The third kappa shape index (κ3) is 4.36. The number of aromatic nitrogens is 2. The number of aryl methyl sites for hydroxylation is 1. The molecule has 0 fully saturated rings. The van der Waals surface area contributed by atoms with Gasteiger partial charge in [-0.1, -0.05) is 18.2 Å². The molecule has 2 heterocycles. The van der Waals surface area contributed by atoms with Crippen LogP contribution in [0.25, 0.3) is 22.2 Å². The molecule has 0 aliphatic rings. The fourth-order valence-corrected chi connectivity index (χ4v) is 3.57. The maximum Gasteiger partial charge on any atom is 0.272 e. The molecule has 0 saturated heterocycles. The number of methoxy groups -OCH3 is 3. The highest BCUT2D eigenvalue weighted by Crippen LogP contribution is 2.41. The number of carbonyl (C=O) groups excluding carboxylic acids is 1. The number of fused-ring (bicyclic) bond motifs is 1. The standard InChI is InChI=1S/C25H24N4O4/c1-29-11-7-8-17(29)15-26-28-25(30)19-14-21(27-20-10-6-5-9-18(19)20)16-12-22(31-2)24(33-4)23(13-16)32-3/h5-15H,1-4H3,(H,28,30)/b26-15+. The van der Waals surface area contributed by atoms with Crippen molar-refractivity contribution in [2.75, 3.05) is 21.3 Å². The van der Waals surface area contributed by atoms with Crippen LogP contribution in [0.4, 0.5) is 0 Å². The van der Waals surface area contributed by atoms with E-state index in [-0.39, 0.29) is 5.91 Å². The van der Waals surface area contributed by atoms with Gasteiger partial charge in [-0.2, -0.15) is 5.10 Å². The molecule has 0 unspecified atom stereocenters. The molecule has 8 nitrogen and oxygen atoms in total. The average molecular weight is 444 g/mol. The van der Waals surface area contributed by atoms with Crippen LogP contribution in [0.2, 0.25) is 0 Å². The van der Waals surface area contributed by atoms with Crippen molar-refractivity contribution in [2.45, 2.75) is 0 Å². The van der Waals surface area contributed by atoms with Gasteiger partial charge in [-0.05, 0) is 36.4 Å². The quantitative estimate of drug-likeness (QED) is 0.344. The molecule has 0 spiro atoms. The van der Waals surface area contributed by atoms with Gasteiger partial charge in [0.2, 0.25) is 5.75 Å². The predicted molar refractivity (Wildman–Crippen MR) is 127 cm³/mol. The molecule has 0 atom stereocenters. The summed E-state index contributed by atoms with van der Waals surface area (Å²) >= 11 is 0. The number of hydrogen-bond donors (Lipinski definition) is 1. The number of nitrogens with one attached hydrogen (secondary N) is 1. The third-order valence-electron chi connectivity index (χ3n) is 5.27. The molecular weight excluding hydrogens is 420 g/mol. The Hall–Kier alpha value is -4.33. The van der Waals surface area contributed by atoms with Crippen molar-refractivity contribution >= 4 is 23.0 Å². The smallest absolute Gasteiger partial charge is 0.272 e. The summed E-state index contributed by atoms with van der Waals surface area (Å²) in [5.41, 5.74) is 5.93. The lowest BCUT2D eigenvalue weighted by Gasteiger charge is -2.15. The van der Waals surface area contributed by atoms with Crippen molar-refractivity contribution in [1.29, 1.82) is 0 Å². The lowest BCUT2D eigenvalue weighted by Crippen LogP contribution is -2.18. The minimum absolute atomic E-state index is 0.340. The van der Waals surface area contributed by atoms with Gasteiger partial charge in [0.05, 0.1) is 50.0 Å². The highest BCUT2D eigenvalue weighted by molar-refractivity contribution is 6.07. The molecule has 1 amide bonds. The largest absolute Gasteiger partial charge is 0.493 e. The zero-order valence-electron chi connectivity index (χ0n) is 18.8. The molecule has 2 aromatic heterocycles. The van der Waals surface area contributed by atoms with Crippen LogP contribution in [0.1, 0.15) is 16.1 Å². The lowest BCUT2D eigenvalue weighted by molar-refractivity contribution is 0.0956. The Morgan fingerprint density at radius 3 is 2.36 bits per heavy atom. The van der Waals surface area contributed by atoms with E-state index in [1.165, 1.54) is 0 Å². The maximum absolute atomic E-state index is 13.1. The van der Waals surface area contributed by atoms with Gasteiger partial charge in [-0.25, -0.2) is 10.4 Å². The summed E-state index contributed by atoms with van der Waals surface area (Å²) in [5.74, 6) is 1.14. The van der Waals surface area contributed by atoms with E-state index >= 15 is 0 Å². The normalized spacial score (nSPS) is 11.0. The summed E-state index contributed by atoms with van der Waals surface area (Å²) in [6.07, 6.45) is 3.50. The van der Waals surface area contributed by atoms with Crippen LogP contribution in [0.15, 0.2) is 65.9 Å². The topological polar surface area (TPSA) is 87.0 Å². The van der Waals surface area contributed by atoms with Crippen molar-refractivity contribution in [1.82, 2.24) is 15.0 Å². The van der Waals surface area contributed by atoms with Gasteiger partial charge in [-0.15, -0.1) is 0 Å². The molecule has 2 aromatic carbocycles. The predicted octanol–water partition coefficient (Wildman–Crippen LogP) is 4.03. The Morgan fingerprint density at radius 1 is 1.00 bits per heavy atom. The van der Waals surface area contributed by atoms with Crippen LogP contribution in [-0.4, -0.2) is 43.0 Å². The number of rotatable bonds is 7. The first-order valence-electron chi connectivity index (χ1n) is 10.2. The summed E-state index contributed by atoms with van der Waals surface area (Å²) in [6, 6.07) is 16.6. The summed E-state index contributed by atoms with van der Waals surface area (Å²) < 4.78 is 18.3. The van der Waals surface area contributed by atoms with E-state index in [1.54, 1.807) is 45.7 Å². The van der Waals surface area contributed by atoms with Crippen LogP contribution in [-0.2, 0) is 7.05 Å². The number of benzene rings is 2. The first-order chi connectivity index (χ1) is 16.0. The second kappa shape index (κ2) is 9.44. The highest BCUT2D eigenvalue weighted by atomic mass is 16.5. The van der Waals surface area contributed by atoms with Crippen molar-refractivity contribution in [3.8, 4) is 28.5 Å². The minimum atomic E-state index is -0.340. The van der Waals surface area contributed by atoms with E-state index in [9.17, 15) is 4.79 Å². The lowest BCUT2D eigenvalue weighted by atomic mass is 10.0.